The zero-order valence-corrected chi connectivity index (χ0v) is 24.6. The smallest absolute Gasteiger partial charge is 0.274 e. The summed E-state index contributed by atoms with van der Waals surface area (Å²) in [5.74, 6) is -0.497. The number of amides is 2. The third-order valence-electron chi connectivity index (χ3n) is 6.93. The maximum Gasteiger partial charge on any atom is 0.274 e. The summed E-state index contributed by atoms with van der Waals surface area (Å²) < 4.78 is 2.58. The van der Waals surface area contributed by atoms with E-state index in [1.54, 1.807) is 25.4 Å². The molecule has 0 fully saturated rings. The Morgan fingerprint density at radius 2 is 1.71 bits per heavy atom. The number of carbonyl (C=O) groups is 2. The lowest BCUT2D eigenvalue weighted by Crippen LogP contribution is -2.20. The highest BCUT2D eigenvalue weighted by Crippen LogP contribution is 2.33. The molecule has 2 heterocycles. The Kier molecular flexibility index (Phi) is 7.95. The summed E-state index contributed by atoms with van der Waals surface area (Å²) in [5.41, 5.74) is 5.44. The van der Waals surface area contributed by atoms with E-state index in [9.17, 15) is 14.4 Å². The van der Waals surface area contributed by atoms with Crippen molar-refractivity contribution in [3.63, 3.8) is 0 Å². The number of hydrogen-bond acceptors (Lipinski definition) is 6. The van der Waals surface area contributed by atoms with E-state index in [2.05, 4.69) is 22.5 Å². The molecule has 0 aliphatic rings. The minimum absolute atomic E-state index is 0.167. The lowest BCUT2D eigenvalue weighted by molar-refractivity contribution is -0.111. The first-order chi connectivity index (χ1) is 20.1. The Labute approximate surface area is 247 Å². The molecule has 0 aliphatic carbocycles. The quantitative estimate of drug-likeness (QED) is 0.177. The van der Waals surface area contributed by atoms with E-state index in [1.165, 1.54) is 22.0 Å². The number of aryl methyl sites for hydroxylation is 1. The third kappa shape index (κ3) is 5.82. The fraction of sp³-hybridized carbons (Fsp3) is 0.121. The number of nitrogens with one attached hydrogen (secondary N) is 3. The van der Waals surface area contributed by atoms with Crippen LogP contribution < -0.4 is 26.4 Å². The van der Waals surface area contributed by atoms with Crippen molar-refractivity contribution in [2.75, 3.05) is 34.9 Å². The van der Waals surface area contributed by atoms with Crippen molar-refractivity contribution in [1.82, 2.24) is 4.57 Å². The van der Waals surface area contributed by atoms with E-state index in [-0.39, 0.29) is 17.4 Å². The van der Waals surface area contributed by atoms with Gasteiger partial charge < -0.3 is 25.4 Å². The molecule has 0 saturated heterocycles. The molecular formula is C33H31N5O3S. The Morgan fingerprint density at radius 3 is 2.45 bits per heavy atom. The maximum atomic E-state index is 13.1. The van der Waals surface area contributed by atoms with Crippen LogP contribution in [0.3, 0.4) is 0 Å². The molecule has 3 N–H and O–H groups in total. The second-order valence-electron chi connectivity index (χ2n) is 10.1. The van der Waals surface area contributed by atoms with E-state index in [1.807, 2.05) is 86.6 Å². The highest BCUT2D eigenvalue weighted by Gasteiger charge is 2.16. The highest BCUT2D eigenvalue weighted by atomic mass is 32.1. The number of fused-ring (bicyclic) bond motifs is 1. The molecule has 5 rings (SSSR count). The van der Waals surface area contributed by atoms with Crippen molar-refractivity contribution in [3.05, 3.63) is 112 Å². The molecule has 0 radical (unpaired) electrons. The van der Waals surface area contributed by atoms with Crippen molar-refractivity contribution >= 4 is 61.7 Å². The number of nitrogens with zero attached hydrogens (tertiary/aromatic N) is 2. The summed E-state index contributed by atoms with van der Waals surface area (Å²) in [4.78, 5) is 40.8. The van der Waals surface area contributed by atoms with Crippen LogP contribution in [-0.2, 0) is 11.8 Å². The predicted molar refractivity (Wildman–Crippen MR) is 175 cm³/mol. The first kappa shape index (κ1) is 28.4. The van der Waals surface area contributed by atoms with Gasteiger partial charge in [-0.05, 0) is 72.0 Å². The van der Waals surface area contributed by atoms with E-state index in [4.69, 9.17) is 0 Å². The molecule has 42 heavy (non-hydrogen) atoms. The van der Waals surface area contributed by atoms with Crippen molar-refractivity contribution in [2.45, 2.75) is 6.92 Å². The van der Waals surface area contributed by atoms with Gasteiger partial charge in [0.05, 0.1) is 16.3 Å². The van der Waals surface area contributed by atoms with Gasteiger partial charge in [0.25, 0.3) is 11.5 Å². The van der Waals surface area contributed by atoms with Crippen LogP contribution in [0.15, 0.2) is 96.4 Å². The van der Waals surface area contributed by atoms with Crippen LogP contribution in [0.25, 0.3) is 21.2 Å². The summed E-state index contributed by atoms with van der Waals surface area (Å²) in [7, 11) is 5.46. The van der Waals surface area contributed by atoms with Crippen LogP contribution in [0.1, 0.15) is 15.2 Å². The van der Waals surface area contributed by atoms with Gasteiger partial charge in [-0.3, -0.25) is 14.4 Å². The maximum absolute atomic E-state index is 13.1. The normalized spacial score (nSPS) is 10.8. The summed E-state index contributed by atoms with van der Waals surface area (Å²) >= 11 is 1.46. The Morgan fingerprint density at radius 1 is 0.929 bits per heavy atom. The monoisotopic (exact) mass is 577 g/mol. The van der Waals surface area contributed by atoms with Crippen molar-refractivity contribution in [1.29, 1.82) is 0 Å². The van der Waals surface area contributed by atoms with Gasteiger partial charge in [-0.25, -0.2) is 0 Å². The highest BCUT2D eigenvalue weighted by molar-refractivity contribution is 7.20. The molecule has 8 nitrogen and oxygen atoms in total. The Bertz CT molecular complexity index is 1870. The van der Waals surface area contributed by atoms with Gasteiger partial charge in [0.2, 0.25) is 5.91 Å². The third-order valence-corrected chi connectivity index (χ3v) is 8.04. The number of anilines is 5. The molecule has 3 aromatic carbocycles. The molecule has 0 saturated carbocycles. The zero-order valence-electron chi connectivity index (χ0n) is 23.8. The minimum Gasteiger partial charge on any atom is -0.376 e. The molecule has 0 aliphatic heterocycles. The van der Waals surface area contributed by atoms with Crippen LogP contribution in [0.5, 0.6) is 0 Å². The summed E-state index contributed by atoms with van der Waals surface area (Å²) in [6.07, 6.45) is 2.98. The first-order valence-electron chi connectivity index (χ1n) is 13.3. The van der Waals surface area contributed by atoms with Crippen LogP contribution >= 0.6 is 11.3 Å². The largest absolute Gasteiger partial charge is 0.376 e. The second-order valence-corrected chi connectivity index (χ2v) is 11.2. The Balaban J connectivity index is 1.45. The molecule has 9 heteroatoms. The van der Waals surface area contributed by atoms with Crippen molar-refractivity contribution < 1.29 is 9.59 Å². The Hall–Kier alpha value is -5.15. The number of carbonyl (C=O) groups excluding carboxylic acids is 2. The van der Waals surface area contributed by atoms with Crippen LogP contribution in [0.2, 0.25) is 0 Å². The molecule has 0 unspecified atom stereocenters. The van der Waals surface area contributed by atoms with Crippen LogP contribution in [0, 0.1) is 6.92 Å². The number of hydrogen-bond donors (Lipinski definition) is 3. The van der Waals surface area contributed by atoms with Gasteiger partial charge in [-0.1, -0.05) is 36.9 Å². The van der Waals surface area contributed by atoms with E-state index < -0.39 is 0 Å². The SMILES string of the molecule is C=CC(=O)Nc1cc(Nc2cc(-c3cccc(NC(=O)c4cc5ccccc5s4)c3C)cn(C)c2=O)ccc1N(C)C. The predicted octanol–water partition coefficient (Wildman–Crippen LogP) is 6.76. The van der Waals surface area contributed by atoms with Gasteiger partial charge in [0.1, 0.15) is 5.69 Å². The van der Waals surface area contributed by atoms with Gasteiger partial charge in [-0.2, -0.15) is 0 Å². The van der Waals surface area contributed by atoms with Gasteiger partial charge in [-0.15, -0.1) is 11.3 Å². The number of aromatic nitrogens is 1. The van der Waals surface area contributed by atoms with Crippen LogP contribution in [-0.4, -0.2) is 30.5 Å². The fourth-order valence-corrected chi connectivity index (χ4v) is 5.71. The average Bonchev–Trinajstić information content (AvgIpc) is 3.41. The van der Waals surface area contributed by atoms with E-state index in [0.29, 0.717) is 27.6 Å². The molecule has 212 valence electrons. The summed E-state index contributed by atoms with van der Waals surface area (Å²) in [5, 5.41) is 10.1. The van der Waals surface area contributed by atoms with Crippen molar-refractivity contribution in [2.24, 2.45) is 7.05 Å². The molecule has 2 aromatic heterocycles. The first-order valence-corrected chi connectivity index (χ1v) is 14.1. The topological polar surface area (TPSA) is 95.5 Å². The van der Waals surface area contributed by atoms with Gasteiger partial charge in [0, 0.05) is 49.0 Å². The minimum atomic E-state index is -0.331. The fourth-order valence-electron chi connectivity index (χ4n) is 4.75. The number of benzene rings is 3. The summed E-state index contributed by atoms with van der Waals surface area (Å²) in [6, 6.07) is 22.8. The van der Waals surface area contributed by atoms with Crippen LogP contribution in [0.4, 0.5) is 28.4 Å². The average molecular weight is 578 g/mol. The summed E-state index contributed by atoms with van der Waals surface area (Å²) in [6.45, 7) is 5.47. The molecule has 2 amide bonds. The van der Waals surface area contributed by atoms with E-state index >= 15 is 0 Å². The lowest BCUT2D eigenvalue weighted by atomic mass is 10.00. The number of thiophene rings is 1. The molecule has 0 bridgehead atoms. The molecule has 0 atom stereocenters. The standard InChI is InChI=1S/C33H31N5O3S/c1-6-31(39)35-26-18-23(14-15-28(26)37(3)4)34-27-16-22(19-38(5)33(27)41)24-11-9-12-25(20(24)2)36-32(40)30-17-21-10-7-8-13-29(21)42-30/h6-19,34H,1H2,2-5H3,(H,35,39)(H,36,40). The van der Waals surface area contributed by atoms with Crippen molar-refractivity contribution in [3.8, 4) is 11.1 Å². The molecular weight excluding hydrogens is 546 g/mol. The molecule has 0 spiro atoms. The van der Waals surface area contributed by atoms with E-state index in [0.717, 1.165) is 32.5 Å². The molecule has 5 aromatic rings. The van der Waals surface area contributed by atoms with Gasteiger partial charge >= 0.3 is 0 Å². The lowest BCUT2D eigenvalue weighted by Gasteiger charge is -2.19. The number of rotatable bonds is 8. The number of pyridine rings is 1. The zero-order chi connectivity index (χ0) is 30.0. The van der Waals surface area contributed by atoms with Gasteiger partial charge in [0.15, 0.2) is 0 Å². The second kappa shape index (κ2) is 11.8.